The second-order valence-electron chi connectivity index (χ2n) is 5.97. The van der Waals surface area contributed by atoms with Crippen LogP contribution in [0, 0.1) is 5.92 Å². The highest BCUT2D eigenvalue weighted by Crippen LogP contribution is 2.36. The molecule has 0 aliphatic carbocycles. The summed E-state index contributed by atoms with van der Waals surface area (Å²) in [5, 5.41) is 0. The summed E-state index contributed by atoms with van der Waals surface area (Å²) in [7, 11) is -3.72. The zero-order valence-electron chi connectivity index (χ0n) is 15.0. The maximum Gasteiger partial charge on any atom is 0.393 e. The van der Waals surface area contributed by atoms with Gasteiger partial charge in [0.1, 0.15) is 4.58 Å². The lowest BCUT2D eigenvalue weighted by atomic mass is 10.1. The van der Waals surface area contributed by atoms with Crippen molar-refractivity contribution in [2.24, 2.45) is 5.92 Å². The standard InChI is InChI=1S/C16H24F3NO4S3/c1-3-4-10-27(23,24)15(25-2)11-13(16(17,18)19)12-20(26(21)22)14-8-6-5-7-9-14/h5-9,13,15H,3-4,10-12H2,1-2H3,(H,21,22)/p-1. The summed E-state index contributed by atoms with van der Waals surface area (Å²) in [6, 6.07) is 7.40. The fraction of sp³-hybridized carbons (Fsp3) is 0.625. The van der Waals surface area contributed by atoms with Crippen molar-refractivity contribution < 1.29 is 30.4 Å². The first-order chi connectivity index (χ1) is 12.5. The van der Waals surface area contributed by atoms with E-state index in [0.29, 0.717) is 17.1 Å². The Balaban J connectivity index is 3.09. The van der Waals surface area contributed by atoms with E-state index in [2.05, 4.69) is 0 Å². The highest BCUT2D eigenvalue weighted by Gasteiger charge is 2.44. The Kier molecular flexibility index (Phi) is 9.59. The molecule has 1 aromatic carbocycles. The van der Waals surface area contributed by atoms with Gasteiger partial charge < -0.3 is 8.86 Å². The van der Waals surface area contributed by atoms with Gasteiger partial charge in [0, 0.05) is 23.5 Å². The van der Waals surface area contributed by atoms with Crippen molar-refractivity contribution in [2.45, 2.75) is 36.9 Å². The second-order valence-corrected chi connectivity index (χ2v) is 10.5. The van der Waals surface area contributed by atoms with E-state index in [9.17, 15) is 30.4 Å². The summed E-state index contributed by atoms with van der Waals surface area (Å²) in [6.07, 6.45) is -3.00. The van der Waals surface area contributed by atoms with Crippen LogP contribution in [-0.4, -0.2) is 46.5 Å². The van der Waals surface area contributed by atoms with Crippen LogP contribution in [0.15, 0.2) is 30.3 Å². The number of thioether (sulfide) groups is 1. The van der Waals surface area contributed by atoms with Crippen LogP contribution in [0.1, 0.15) is 26.2 Å². The van der Waals surface area contributed by atoms with Crippen LogP contribution in [0.4, 0.5) is 18.9 Å². The van der Waals surface area contributed by atoms with Crippen molar-refractivity contribution in [2.75, 3.05) is 22.9 Å². The van der Waals surface area contributed by atoms with E-state index in [1.165, 1.54) is 30.5 Å². The van der Waals surface area contributed by atoms with Crippen LogP contribution in [0.5, 0.6) is 0 Å². The van der Waals surface area contributed by atoms with Crippen molar-refractivity contribution >= 4 is 38.6 Å². The monoisotopic (exact) mass is 446 g/mol. The molecule has 1 rings (SSSR count). The molecule has 0 saturated carbocycles. The number of alkyl halides is 3. The predicted octanol–water partition coefficient (Wildman–Crippen LogP) is 3.76. The number of benzene rings is 1. The number of nitrogens with zero attached hydrogens (tertiary/aromatic N) is 1. The van der Waals surface area contributed by atoms with E-state index >= 15 is 0 Å². The quantitative estimate of drug-likeness (QED) is 0.484. The minimum atomic E-state index is -4.74. The number of rotatable bonds is 11. The molecule has 0 bridgehead atoms. The second kappa shape index (κ2) is 10.7. The first-order valence-corrected chi connectivity index (χ1v) is 12.3. The Labute approximate surface area is 165 Å². The zero-order chi connectivity index (χ0) is 20.7. The Morgan fingerprint density at radius 2 is 1.85 bits per heavy atom. The highest BCUT2D eigenvalue weighted by atomic mass is 32.3. The number of halogens is 3. The van der Waals surface area contributed by atoms with Crippen LogP contribution in [0.25, 0.3) is 0 Å². The fourth-order valence-corrected chi connectivity index (χ4v) is 6.42. The maximum absolute atomic E-state index is 13.6. The van der Waals surface area contributed by atoms with Gasteiger partial charge >= 0.3 is 6.18 Å². The van der Waals surface area contributed by atoms with Gasteiger partial charge in [-0.25, -0.2) is 8.42 Å². The van der Waals surface area contributed by atoms with Crippen molar-refractivity contribution in [3.63, 3.8) is 0 Å². The molecule has 1 aromatic rings. The van der Waals surface area contributed by atoms with Gasteiger partial charge in [-0.2, -0.15) is 13.2 Å². The van der Waals surface area contributed by atoms with Crippen LogP contribution in [0.2, 0.25) is 0 Å². The lowest BCUT2D eigenvalue weighted by Crippen LogP contribution is -2.40. The topological polar surface area (TPSA) is 77.5 Å². The van der Waals surface area contributed by atoms with Crippen molar-refractivity contribution in [1.29, 1.82) is 0 Å². The Morgan fingerprint density at radius 3 is 2.30 bits per heavy atom. The molecule has 0 aromatic heterocycles. The zero-order valence-corrected chi connectivity index (χ0v) is 17.5. The number of para-hydroxylation sites is 1. The van der Waals surface area contributed by atoms with Crippen molar-refractivity contribution in [1.82, 2.24) is 0 Å². The van der Waals surface area contributed by atoms with E-state index in [1.54, 1.807) is 13.0 Å². The Morgan fingerprint density at radius 1 is 1.26 bits per heavy atom. The minimum Gasteiger partial charge on any atom is -0.755 e. The molecule has 11 heteroatoms. The van der Waals surface area contributed by atoms with Gasteiger partial charge in [-0.15, -0.1) is 11.8 Å². The molecule has 0 radical (unpaired) electrons. The van der Waals surface area contributed by atoms with Crippen LogP contribution in [0.3, 0.4) is 0 Å². The number of sulfone groups is 1. The van der Waals surface area contributed by atoms with E-state index in [-0.39, 0.29) is 11.4 Å². The molecular formula is C16H23F3NO4S3-. The summed E-state index contributed by atoms with van der Waals surface area (Å²) in [5.74, 6) is -2.29. The minimum absolute atomic E-state index is 0.0922. The molecule has 0 heterocycles. The predicted molar refractivity (Wildman–Crippen MR) is 103 cm³/mol. The molecule has 3 unspecified atom stereocenters. The molecule has 5 nitrogen and oxygen atoms in total. The third-order valence-electron chi connectivity index (χ3n) is 4.00. The number of hydrogen-bond donors (Lipinski definition) is 0. The first kappa shape index (κ1) is 24.3. The van der Waals surface area contributed by atoms with Crippen molar-refractivity contribution in [3.05, 3.63) is 30.3 Å². The molecule has 0 spiro atoms. The molecule has 0 fully saturated rings. The first-order valence-electron chi connectivity index (χ1n) is 8.26. The summed E-state index contributed by atoms with van der Waals surface area (Å²) < 4.78 is 87.7. The molecule has 0 saturated heterocycles. The molecule has 0 N–H and O–H groups in total. The summed E-state index contributed by atoms with van der Waals surface area (Å²) in [6.45, 7) is 0.924. The van der Waals surface area contributed by atoms with Crippen LogP contribution in [-0.2, 0) is 21.1 Å². The third-order valence-corrected chi connectivity index (χ3v) is 8.74. The number of unbranched alkanes of at least 4 members (excludes halogenated alkanes) is 1. The number of hydrogen-bond acceptors (Lipinski definition) is 5. The van der Waals surface area contributed by atoms with E-state index in [1.807, 2.05) is 0 Å². The van der Waals surface area contributed by atoms with Crippen molar-refractivity contribution in [3.8, 4) is 0 Å². The summed E-state index contributed by atoms with van der Waals surface area (Å²) >= 11 is -2.08. The van der Waals surface area contributed by atoms with E-state index in [4.69, 9.17) is 0 Å². The lowest BCUT2D eigenvalue weighted by Gasteiger charge is -2.32. The van der Waals surface area contributed by atoms with Gasteiger partial charge in [0.05, 0.1) is 11.7 Å². The Bertz CT molecular complexity index is 699. The smallest absolute Gasteiger partial charge is 0.393 e. The van der Waals surface area contributed by atoms with Gasteiger partial charge in [0.25, 0.3) is 0 Å². The Hall–Kier alpha value is -0.780. The number of anilines is 1. The third kappa shape index (κ3) is 7.63. The molecule has 3 atom stereocenters. The van der Waals surface area contributed by atoms with Crippen LogP contribution >= 0.6 is 11.8 Å². The average Bonchev–Trinajstić information content (AvgIpc) is 2.59. The summed E-state index contributed by atoms with van der Waals surface area (Å²) in [5.41, 5.74) is 0.0922. The normalized spacial score (nSPS) is 15.9. The maximum atomic E-state index is 13.6. The molecule has 156 valence electrons. The van der Waals surface area contributed by atoms with Gasteiger partial charge in [0.15, 0.2) is 9.84 Å². The molecule has 0 aliphatic heterocycles. The molecular weight excluding hydrogens is 423 g/mol. The highest BCUT2D eigenvalue weighted by molar-refractivity contribution is 8.13. The van der Waals surface area contributed by atoms with Gasteiger partial charge in [-0.3, -0.25) is 4.21 Å². The van der Waals surface area contributed by atoms with Gasteiger partial charge in [0.2, 0.25) is 0 Å². The molecule has 27 heavy (non-hydrogen) atoms. The molecule has 0 amide bonds. The van der Waals surface area contributed by atoms with Gasteiger partial charge in [-0.05, 0) is 31.2 Å². The van der Waals surface area contributed by atoms with Gasteiger partial charge in [-0.1, -0.05) is 31.5 Å². The SMILES string of the molecule is CCCCS(=O)(=O)C(CC(CN(c1ccccc1)S(=O)[O-])C(F)(F)F)SC. The van der Waals surface area contributed by atoms with E-state index < -0.39 is 50.7 Å². The molecule has 0 aliphatic rings. The van der Waals surface area contributed by atoms with Crippen LogP contribution < -0.4 is 4.31 Å². The largest absolute Gasteiger partial charge is 0.755 e. The average molecular weight is 447 g/mol. The summed E-state index contributed by atoms with van der Waals surface area (Å²) in [4.78, 5) is 0. The lowest BCUT2D eigenvalue weighted by molar-refractivity contribution is -0.172. The fourth-order valence-electron chi connectivity index (χ4n) is 2.46. The van der Waals surface area contributed by atoms with E-state index in [0.717, 1.165) is 11.8 Å².